The van der Waals surface area contributed by atoms with Gasteiger partial charge in [-0.3, -0.25) is 4.79 Å². The first kappa shape index (κ1) is 26.2. The van der Waals surface area contributed by atoms with E-state index in [2.05, 4.69) is 22.8 Å². The van der Waals surface area contributed by atoms with E-state index in [0.717, 1.165) is 5.56 Å². The minimum absolute atomic E-state index is 0.0215. The monoisotopic (exact) mass is 543 g/mol. The Kier molecular flexibility index (Phi) is 7.74. The molecule has 1 atom stereocenters. The number of methoxy groups -OCH3 is 1. The third-order valence-electron chi connectivity index (χ3n) is 6.24. The molecule has 0 bridgehead atoms. The molecule has 1 aromatic heterocycles. The van der Waals surface area contributed by atoms with E-state index < -0.39 is 6.04 Å². The Morgan fingerprint density at radius 2 is 1.87 bits per heavy atom. The minimum Gasteiger partial charge on any atom is -0.504 e. The molecule has 3 N–H and O–H groups in total. The zero-order chi connectivity index (χ0) is 27.4. The number of allylic oxidation sites excluding steroid dienone is 1. The van der Waals surface area contributed by atoms with Crippen LogP contribution >= 0.6 is 11.8 Å². The second-order valence-electron chi connectivity index (χ2n) is 8.82. The number of anilines is 2. The molecule has 1 aliphatic heterocycles. The van der Waals surface area contributed by atoms with Gasteiger partial charge in [-0.2, -0.15) is 4.98 Å². The van der Waals surface area contributed by atoms with Gasteiger partial charge in [0.05, 0.1) is 25.0 Å². The van der Waals surface area contributed by atoms with Crippen molar-refractivity contribution in [2.75, 3.05) is 24.4 Å². The lowest BCUT2D eigenvalue weighted by Gasteiger charge is -2.29. The lowest BCUT2D eigenvalue weighted by atomic mass is 9.94. The topological polar surface area (TPSA) is 111 Å². The number of hydrogen-bond donors (Lipinski definition) is 3. The molecular formula is C29H29N5O4S. The fourth-order valence-corrected chi connectivity index (χ4v) is 5.21. The molecule has 0 radical (unpaired) electrons. The number of rotatable bonds is 9. The SMILES string of the molecule is CCOc1cc([C@H]2C(C(=O)Nc3ccccc3OC)=C(C)Nc3nc(SCc4ccccc4)nn32)ccc1O. The molecule has 10 heteroatoms. The molecule has 5 rings (SSSR count). The Balaban J connectivity index is 1.54. The summed E-state index contributed by atoms with van der Waals surface area (Å²) in [6.45, 7) is 4.07. The van der Waals surface area contributed by atoms with Crippen molar-refractivity contribution in [3.05, 3.63) is 95.2 Å². The largest absolute Gasteiger partial charge is 0.504 e. The van der Waals surface area contributed by atoms with E-state index in [4.69, 9.17) is 19.6 Å². The smallest absolute Gasteiger partial charge is 0.255 e. The molecule has 0 saturated heterocycles. The minimum atomic E-state index is -0.630. The second-order valence-corrected chi connectivity index (χ2v) is 9.76. The van der Waals surface area contributed by atoms with Crippen molar-refractivity contribution in [3.63, 3.8) is 0 Å². The Labute approximate surface area is 230 Å². The third kappa shape index (κ3) is 5.56. The fourth-order valence-electron chi connectivity index (χ4n) is 4.43. The third-order valence-corrected chi connectivity index (χ3v) is 7.15. The Morgan fingerprint density at radius 1 is 1.10 bits per heavy atom. The summed E-state index contributed by atoms with van der Waals surface area (Å²) in [7, 11) is 1.56. The van der Waals surface area contributed by atoms with Gasteiger partial charge in [0.1, 0.15) is 11.8 Å². The summed E-state index contributed by atoms with van der Waals surface area (Å²) in [4.78, 5) is 18.5. The van der Waals surface area contributed by atoms with Crippen molar-refractivity contribution < 1.29 is 19.4 Å². The Hall–Kier alpha value is -4.44. The van der Waals surface area contributed by atoms with Crippen molar-refractivity contribution in [1.29, 1.82) is 0 Å². The van der Waals surface area contributed by atoms with E-state index in [0.29, 0.717) is 57.5 Å². The van der Waals surface area contributed by atoms with Crippen LogP contribution in [-0.2, 0) is 10.5 Å². The van der Waals surface area contributed by atoms with E-state index in [1.54, 1.807) is 42.1 Å². The number of amides is 1. The Bertz CT molecular complexity index is 1520. The van der Waals surface area contributed by atoms with Crippen LogP contribution in [0.5, 0.6) is 17.2 Å². The number of carbonyl (C=O) groups excluding carboxylic acids is 1. The number of phenols is 1. The number of thioether (sulfide) groups is 1. The van der Waals surface area contributed by atoms with Gasteiger partial charge < -0.3 is 25.2 Å². The van der Waals surface area contributed by atoms with Crippen LogP contribution in [0.25, 0.3) is 0 Å². The average Bonchev–Trinajstić information content (AvgIpc) is 3.35. The number of fused-ring (bicyclic) bond motifs is 1. The zero-order valence-electron chi connectivity index (χ0n) is 21.8. The predicted molar refractivity (Wildman–Crippen MR) is 151 cm³/mol. The molecule has 39 heavy (non-hydrogen) atoms. The molecule has 3 aromatic carbocycles. The van der Waals surface area contributed by atoms with Gasteiger partial charge >= 0.3 is 0 Å². The van der Waals surface area contributed by atoms with Crippen LogP contribution in [0, 0.1) is 0 Å². The maximum atomic E-state index is 13.8. The van der Waals surface area contributed by atoms with Crippen molar-refractivity contribution >= 4 is 29.3 Å². The second kappa shape index (κ2) is 11.5. The van der Waals surface area contributed by atoms with Crippen LogP contribution < -0.4 is 20.1 Å². The van der Waals surface area contributed by atoms with Crippen LogP contribution in [0.1, 0.15) is 31.0 Å². The van der Waals surface area contributed by atoms with E-state index in [9.17, 15) is 9.90 Å². The number of benzene rings is 3. The molecule has 0 aliphatic carbocycles. The summed E-state index contributed by atoms with van der Waals surface area (Å²) in [5, 5.41) is 22.0. The summed E-state index contributed by atoms with van der Waals surface area (Å²) < 4.78 is 12.8. The molecule has 0 unspecified atom stereocenters. The molecule has 4 aromatic rings. The first-order valence-electron chi connectivity index (χ1n) is 12.5. The number of para-hydroxylation sites is 2. The van der Waals surface area contributed by atoms with Crippen LogP contribution in [-0.4, -0.2) is 39.5 Å². The number of nitrogens with zero attached hydrogens (tertiary/aromatic N) is 3. The summed E-state index contributed by atoms with van der Waals surface area (Å²) in [5.74, 6) is 1.81. The van der Waals surface area contributed by atoms with E-state index in [1.807, 2.05) is 44.2 Å². The average molecular weight is 544 g/mol. The summed E-state index contributed by atoms with van der Waals surface area (Å²) >= 11 is 1.51. The van der Waals surface area contributed by atoms with Gasteiger partial charge in [0.15, 0.2) is 11.5 Å². The molecule has 200 valence electrons. The lowest BCUT2D eigenvalue weighted by Crippen LogP contribution is -2.31. The number of ether oxygens (including phenoxy) is 2. The molecule has 9 nitrogen and oxygen atoms in total. The highest BCUT2D eigenvalue weighted by Gasteiger charge is 2.35. The van der Waals surface area contributed by atoms with Gasteiger partial charge in [-0.05, 0) is 49.2 Å². The maximum Gasteiger partial charge on any atom is 0.255 e. The molecule has 2 heterocycles. The first-order valence-corrected chi connectivity index (χ1v) is 13.5. The standard InChI is InChI=1S/C29H29N5O4S/c1-4-38-24-16-20(14-15-22(24)35)26-25(27(36)31-21-12-8-9-13-23(21)37-3)18(2)30-28-32-29(33-34(26)28)39-17-19-10-6-5-7-11-19/h5-16,26,35H,4,17H2,1-3H3,(H,31,36)(H,30,32,33)/t26-/m0/s1. The Morgan fingerprint density at radius 3 is 2.64 bits per heavy atom. The molecule has 1 aliphatic rings. The van der Waals surface area contributed by atoms with Gasteiger partial charge in [0.2, 0.25) is 11.1 Å². The summed E-state index contributed by atoms with van der Waals surface area (Å²) in [6.07, 6.45) is 0. The maximum absolute atomic E-state index is 13.8. The zero-order valence-corrected chi connectivity index (χ0v) is 22.7. The van der Waals surface area contributed by atoms with Crippen molar-refractivity contribution in [2.24, 2.45) is 0 Å². The van der Waals surface area contributed by atoms with Gasteiger partial charge in [0.25, 0.3) is 5.91 Å². The van der Waals surface area contributed by atoms with Crippen molar-refractivity contribution in [2.45, 2.75) is 30.8 Å². The van der Waals surface area contributed by atoms with Crippen LogP contribution in [0.2, 0.25) is 0 Å². The van der Waals surface area contributed by atoms with Gasteiger partial charge in [-0.1, -0.05) is 60.3 Å². The van der Waals surface area contributed by atoms with Crippen LogP contribution in [0.15, 0.2) is 89.2 Å². The number of aromatic hydroxyl groups is 1. The molecule has 0 saturated carbocycles. The van der Waals surface area contributed by atoms with E-state index >= 15 is 0 Å². The highest BCUT2D eigenvalue weighted by molar-refractivity contribution is 7.98. The lowest BCUT2D eigenvalue weighted by molar-refractivity contribution is -0.113. The van der Waals surface area contributed by atoms with Crippen LogP contribution in [0.4, 0.5) is 11.6 Å². The number of phenolic OH excluding ortho intramolecular Hbond substituents is 1. The highest BCUT2D eigenvalue weighted by atomic mass is 32.2. The van der Waals surface area contributed by atoms with Gasteiger partial charge in [-0.25, -0.2) is 4.68 Å². The highest BCUT2D eigenvalue weighted by Crippen LogP contribution is 2.40. The first-order chi connectivity index (χ1) is 19.0. The number of carbonyl (C=O) groups is 1. The number of aromatic nitrogens is 3. The van der Waals surface area contributed by atoms with Crippen molar-refractivity contribution in [1.82, 2.24) is 14.8 Å². The predicted octanol–water partition coefficient (Wildman–Crippen LogP) is 5.61. The normalized spacial score (nSPS) is 14.4. The van der Waals surface area contributed by atoms with Crippen LogP contribution in [0.3, 0.4) is 0 Å². The molecule has 1 amide bonds. The quantitative estimate of drug-likeness (QED) is 0.234. The van der Waals surface area contributed by atoms with Crippen molar-refractivity contribution in [3.8, 4) is 17.2 Å². The number of nitrogens with one attached hydrogen (secondary N) is 2. The van der Waals surface area contributed by atoms with E-state index in [-0.39, 0.29) is 11.7 Å². The number of hydrogen-bond acceptors (Lipinski definition) is 8. The molecule has 0 fully saturated rings. The molecule has 0 spiro atoms. The molecular weight excluding hydrogens is 514 g/mol. The fraction of sp³-hybridized carbons (Fsp3) is 0.207. The summed E-state index contributed by atoms with van der Waals surface area (Å²) in [5.41, 5.74) is 3.51. The van der Waals surface area contributed by atoms with Gasteiger partial charge in [-0.15, -0.1) is 5.10 Å². The van der Waals surface area contributed by atoms with Gasteiger partial charge in [0, 0.05) is 11.4 Å². The van der Waals surface area contributed by atoms with E-state index in [1.165, 1.54) is 11.8 Å². The summed E-state index contributed by atoms with van der Waals surface area (Å²) in [6, 6.07) is 21.8.